The average molecular weight is 446 g/mol. The van der Waals surface area contributed by atoms with Gasteiger partial charge in [-0.2, -0.15) is 0 Å². The third-order valence-corrected chi connectivity index (χ3v) is 7.18. The van der Waals surface area contributed by atoms with Crippen molar-refractivity contribution in [3.63, 3.8) is 0 Å². The molecule has 3 nitrogen and oxygen atoms in total. The van der Waals surface area contributed by atoms with Gasteiger partial charge in [0, 0.05) is 36.9 Å². The van der Waals surface area contributed by atoms with Crippen LogP contribution >= 0.6 is 12.4 Å². The smallest absolute Gasteiger partial charge is 0.153 e. The average Bonchev–Trinajstić information content (AvgIpc) is 3.06. The molecule has 0 spiro atoms. The maximum absolute atomic E-state index is 4.91. The van der Waals surface area contributed by atoms with Crippen LogP contribution in [0.25, 0.3) is 10.9 Å². The van der Waals surface area contributed by atoms with Gasteiger partial charge in [0.2, 0.25) is 0 Å². The standard InChI is InChI=1S/C28H31N3.ClH/c1-20-9-7-8-12-25(20)19-31-22(3)21(2)26-13-16-29-28(27(26)31)30-17-14-24(15-18-30)23-10-5-4-6-11-23;/h4-13,16,24H,14-15,17-19H2,1-3H3;1H. The van der Waals surface area contributed by atoms with Crippen LogP contribution in [-0.4, -0.2) is 22.6 Å². The van der Waals surface area contributed by atoms with E-state index in [0.29, 0.717) is 5.92 Å². The lowest BCUT2D eigenvalue weighted by Gasteiger charge is -2.33. The first-order valence-electron chi connectivity index (χ1n) is 11.4. The summed E-state index contributed by atoms with van der Waals surface area (Å²) in [6.45, 7) is 9.70. The second kappa shape index (κ2) is 9.38. The second-order valence-corrected chi connectivity index (χ2v) is 8.93. The minimum absolute atomic E-state index is 0. The highest BCUT2D eigenvalue weighted by Crippen LogP contribution is 2.36. The Kier molecular flexibility index (Phi) is 6.57. The molecule has 0 unspecified atom stereocenters. The zero-order valence-electron chi connectivity index (χ0n) is 19.2. The number of benzene rings is 2. The van der Waals surface area contributed by atoms with Gasteiger partial charge < -0.3 is 9.47 Å². The van der Waals surface area contributed by atoms with Crippen molar-refractivity contribution in [2.75, 3.05) is 18.0 Å². The number of nitrogens with zero attached hydrogens (tertiary/aromatic N) is 3. The summed E-state index contributed by atoms with van der Waals surface area (Å²) in [7, 11) is 0. The van der Waals surface area contributed by atoms with Crippen molar-refractivity contribution in [1.29, 1.82) is 0 Å². The number of rotatable bonds is 4. The van der Waals surface area contributed by atoms with Crippen molar-refractivity contribution in [2.24, 2.45) is 0 Å². The molecule has 4 heteroatoms. The van der Waals surface area contributed by atoms with Gasteiger partial charge in [-0.25, -0.2) is 4.98 Å². The van der Waals surface area contributed by atoms with Crippen LogP contribution in [0.4, 0.5) is 5.82 Å². The molecule has 1 aliphatic heterocycles. The van der Waals surface area contributed by atoms with Crippen molar-refractivity contribution in [2.45, 2.75) is 46.1 Å². The highest BCUT2D eigenvalue weighted by atomic mass is 35.5. The molecule has 0 N–H and O–H groups in total. The maximum Gasteiger partial charge on any atom is 0.153 e. The van der Waals surface area contributed by atoms with Gasteiger partial charge in [-0.15, -0.1) is 12.4 Å². The van der Waals surface area contributed by atoms with Crippen LogP contribution in [0.15, 0.2) is 66.9 Å². The van der Waals surface area contributed by atoms with Gasteiger partial charge >= 0.3 is 0 Å². The Balaban J connectivity index is 0.00000245. The van der Waals surface area contributed by atoms with Crippen LogP contribution in [0.1, 0.15) is 46.7 Å². The summed E-state index contributed by atoms with van der Waals surface area (Å²) in [6.07, 6.45) is 4.35. The van der Waals surface area contributed by atoms with E-state index in [0.717, 1.165) is 25.5 Å². The van der Waals surface area contributed by atoms with Gasteiger partial charge in [-0.05, 0) is 67.9 Å². The maximum atomic E-state index is 4.91. The number of hydrogen-bond acceptors (Lipinski definition) is 2. The zero-order chi connectivity index (χ0) is 21.4. The SMILES string of the molecule is Cc1ccccc1Cn1c(C)c(C)c2ccnc(N3CCC(c4ccccc4)CC3)c21.Cl. The Morgan fingerprint density at radius 1 is 0.875 bits per heavy atom. The Bertz CT molecular complexity index is 1200. The largest absolute Gasteiger partial charge is 0.355 e. The van der Waals surface area contributed by atoms with Crippen LogP contribution < -0.4 is 4.90 Å². The molecule has 32 heavy (non-hydrogen) atoms. The lowest BCUT2D eigenvalue weighted by molar-refractivity contribution is 0.503. The van der Waals surface area contributed by atoms with Crippen molar-refractivity contribution in [1.82, 2.24) is 9.55 Å². The van der Waals surface area contributed by atoms with E-state index in [2.05, 4.69) is 90.9 Å². The summed E-state index contributed by atoms with van der Waals surface area (Å²) >= 11 is 0. The van der Waals surface area contributed by atoms with Gasteiger partial charge in [-0.3, -0.25) is 0 Å². The second-order valence-electron chi connectivity index (χ2n) is 8.93. The van der Waals surface area contributed by atoms with E-state index < -0.39 is 0 Å². The minimum atomic E-state index is 0. The van der Waals surface area contributed by atoms with Gasteiger partial charge in [-0.1, -0.05) is 54.6 Å². The molecule has 2 aromatic carbocycles. The van der Waals surface area contributed by atoms with Gasteiger partial charge in [0.05, 0.1) is 5.52 Å². The molecule has 2 aromatic heterocycles. The topological polar surface area (TPSA) is 21.1 Å². The van der Waals surface area contributed by atoms with E-state index in [1.165, 1.54) is 51.7 Å². The molecule has 4 aromatic rings. The summed E-state index contributed by atoms with van der Waals surface area (Å²) < 4.78 is 2.48. The summed E-state index contributed by atoms with van der Waals surface area (Å²) in [6, 6.07) is 21.9. The van der Waals surface area contributed by atoms with Crippen molar-refractivity contribution in [3.8, 4) is 0 Å². The van der Waals surface area contributed by atoms with Gasteiger partial charge in [0.15, 0.2) is 5.82 Å². The fourth-order valence-electron chi connectivity index (χ4n) is 5.11. The van der Waals surface area contributed by atoms with Crippen molar-refractivity contribution < 1.29 is 0 Å². The van der Waals surface area contributed by atoms with Crippen LogP contribution in [0.3, 0.4) is 0 Å². The number of piperidine rings is 1. The molecule has 166 valence electrons. The van der Waals surface area contributed by atoms with Crippen LogP contribution in [0.5, 0.6) is 0 Å². The molecular weight excluding hydrogens is 414 g/mol. The molecule has 0 bridgehead atoms. The Morgan fingerprint density at radius 2 is 1.56 bits per heavy atom. The first-order valence-corrected chi connectivity index (χ1v) is 11.4. The summed E-state index contributed by atoms with van der Waals surface area (Å²) in [5, 5.41) is 1.33. The summed E-state index contributed by atoms with van der Waals surface area (Å²) in [4.78, 5) is 7.42. The quantitative estimate of drug-likeness (QED) is 0.343. The number of fused-ring (bicyclic) bond motifs is 1. The number of hydrogen-bond donors (Lipinski definition) is 0. The molecule has 1 aliphatic rings. The lowest BCUT2D eigenvalue weighted by atomic mass is 9.89. The van der Waals surface area contributed by atoms with E-state index in [-0.39, 0.29) is 12.4 Å². The molecule has 0 amide bonds. The van der Waals surface area contributed by atoms with Crippen LogP contribution in [0.2, 0.25) is 0 Å². The van der Waals surface area contributed by atoms with Crippen LogP contribution in [0, 0.1) is 20.8 Å². The number of pyridine rings is 1. The highest BCUT2D eigenvalue weighted by Gasteiger charge is 2.25. The first-order chi connectivity index (χ1) is 15.1. The van der Waals surface area contributed by atoms with E-state index in [1.807, 2.05) is 6.20 Å². The minimum Gasteiger partial charge on any atom is -0.355 e. The molecular formula is C28H32ClN3. The molecule has 0 saturated carbocycles. The first kappa shape index (κ1) is 22.4. The predicted molar refractivity (Wildman–Crippen MR) is 137 cm³/mol. The normalized spacial score (nSPS) is 14.5. The molecule has 0 atom stereocenters. The van der Waals surface area contributed by atoms with E-state index in [1.54, 1.807) is 0 Å². The number of aryl methyl sites for hydroxylation is 2. The van der Waals surface area contributed by atoms with Crippen molar-refractivity contribution >= 4 is 29.1 Å². The Labute approximate surface area is 197 Å². The lowest BCUT2D eigenvalue weighted by Crippen LogP contribution is -2.33. The highest BCUT2D eigenvalue weighted by molar-refractivity contribution is 5.93. The van der Waals surface area contributed by atoms with E-state index >= 15 is 0 Å². The van der Waals surface area contributed by atoms with Crippen molar-refractivity contribution in [3.05, 3.63) is 94.8 Å². The molecule has 1 saturated heterocycles. The molecule has 5 rings (SSSR count). The third-order valence-electron chi connectivity index (χ3n) is 7.18. The predicted octanol–water partition coefficient (Wildman–Crippen LogP) is 6.82. The molecule has 0 aliphatic carbocycles. The number of halogens is 1. The molecule has 1 fully saturated rings. The fourth-order valence-corrected chi connectivity index (χ4v) is 5.11. The summed E-state index contributed by atoms with van der Waals surface area (Å²) in [5.74, 6) is 1.80. The Hall–Kier alpha value is -2.78. The van der Waals surface area contributed by atoms with E-state index in [4.69, 9.17) is 4.98 Å². The fraction of sp³-hybridized carbons (Fsp3) is 0.321. The Morgan fingerprint density at radius 3 is 2.28 bits per heavy atom. The van der Waals surface area contributed by atoms with Gasteiger partial charge in [0.1, 0.15) is 0 Å². The molecule has 0 radical (unpaired) electrons. The van der Waals surface area contributed by atoms with Gasteiger partial charge in [0.25, 0.3) is 0 Å². The monoisotopic (exact) mass is 445 g/mol. The van der Waals surface area contributed by atoms with E-state index in [9.17, 15) is 0 Å². The summed E-state index contributed by atoms with van der Waals surface area (Å²) in [5.41, 5.74) is 8.19. The van der Waals surface area contributed by atoms with Crippen LogP contribution in [-0.2, 0) is 6.54 Å². The number of aromatic nitrogens is 2. The molecule has 3 heterocycles. The number of anilines is 1. The zero-order valence-corrected chi connectivity index (χ0v) is 20.0. The third kappa shape index (κ3) is 4.02.